The van der Waals surface area contributed by atoms with Crippen LogP contribution in [0.15, 0.2) is 65.7 Å². The number of ether oxygens (including phenoxy) is 2. The van der Waals surface area contributed by atoms with Gasteiger partial charge in [-0.1, -0.05) is 35.9 Å². The minimum absolute atomic E-state index is 0.0344. The summed E-state index contributed by atoms with van der Waals surface area (Å²) in [6, 6.07) is 15.1. The number of hydrogen-bond donors (Lipinski definition) is 0. The molecule has 1 atom stereocenters. The van der Waals surface area contributed by atoms with Crippen molar-refractivity contribution in [1.82, 2.24) is 14.5 Å². The number of aromatic nitrogens is 2. The number of rotatable bonds is 7. The molecule has 1 saturated heterocycles. The molecule has 190 valence electrons. The molecule has 1 aliphatic rings. The van der Waals surface area contributed by atoms with Gasteiger partial charge in [-0.05, 0) is 69.4 Å². The van der Waals surface area contributed by atoms with Crippen LogP contribution in [0.25, 0.3) is 0 Å². The summed E-state index contributed by atoms with van der Waals surface area (Å²) in [7, 11) is 0. The van der Waals surface area contributed by atoms with Gasteiger partial charge in [0.05, 0.1) is 16.8 Å². The van der Waals surface area contributed by atoms with Crippen LogP contribution in [0.2, 0.25) is 5.02 Å². The van der Waals surface area contributed by atoms with Gasteiger partial charge in [-0.25, -0.2) is 4.79 Å². The molecule has 0 spiro atoms. The van der Waals surface area contributed by atoms with Crippen molar-refractivity contribution in [2.75, 3.05) is 6.54 Å². The van der Waals surface area contributed by atoms with Crippen molar-refractivity contribution < 1.29 is 14.3 Å². The molecule has 2 aromatic heterocycles. The number of carbonyl (C=O) groups excluding carboxylic acids is 1. The van der Waals surface area contributed by atoms with Crippen LogP contribution in [0.3, 0.4) is 0 Å². The molecule has 1 aromatic carbocycles. The molecule has 8 heteroatoms. The molecule has 3 aromatic rings. The average Bonchev–Trinajstić information content (AvgIpc) is 3.33. The topological polar surface area (TPSA) is 73.7 Å². The Morgan fingerprint density at radius 2 is 1.92 bits per heavy atom. The van der Waals surface area contributed by atoms with Crippen LogP contribution in [0.5, 0.6) is 5.75 Å². The van der Waals surface area contributed by atoms with Gasteiger partial charge in [-0.2, -0.15) is 0 Å². The Balaban J connectivity index is 1.32. The summed E-state index contributed by atoms with van der Waals surface area (Å²) in [4.78, 5) is 31.2. The molecule has 0 radical (unpaired) electrons. The Bertz CT molecular complexity index is 1230. The molecule has 1 unspecified atom stereocenters. The zero-order chi connectivity index (χ0) is 25.7. The largest absolute Gasteiger partial charge is 0.487 e. The predicted molar refractivity (Wildman–Crippen MR) is 139 cm³/mol. The SMILES string of the molecule is CC(C)(C)OC(=O)N1CCCC1c1ccc(CCn2ccc(OCc3ccc(Cl)cn3)cc2=O)cc1. The zero-order valence-corrected chi connectivity index (χ0v) is 21.7. The monoisotopic (exact) mass is 509 g/mol. The lowest BCUT2D eigenvalue weighted by Crippen LogP contribution is -2.36. The summed E-state index contributed by atoms with van der Waals surface area (Å²) in [5, 5.41) is 0.567. The number of benzene rings is 1. The molecular formula is C28H32ClN3O4. The van der Waals surface area contributed by atoms with Gasteiger partial charge in [0.15, 0.2) is 0 Å². The van der Waals surface area contributed by atoms with E-state index in [1.807, 2.05) is 25.7 Å². The maximum atomic E-state index is 12.6. The first-order valence-corrected chi connectivity index (χ1v) is 12.6. The fourth-order valence-electron chi connectivity index (χ4n) is 4.22. The molecule has 36 heavy (non-hydrogen) atoms. The van der Waals surface area contributed by atoms with Crippen LogP contribution in [0.4, 0.5) is 4.79 Å². The number of amides is 1. The van der Waals surface area contributed by atoms with Crippen molar-refractivity contribution in [3.8, 4) is 5.75 Å². The fraction of sp³-hybridized carbons (Fsp3) is 0.393. The summed E-state index contributed by atoms with van der Waals surface area (Å²) >= 11 is 5.85. The van der Waals surface area contributed by atoms with Gasteiger partial charge in [0.1, 0.15) is 18.0 Å². The number of nitrogens with zero attached hydrogens (tertiary/aromatic N) is 3. The molecule has 7 nitrogen and oxygen atoms in total. The number of carbonyl (C=O) groups is 1. The van der Waals surface area contributed by atoms with Crippen molar-refractivity contribution in [2.45, 2.75) is 64.8 Å². The van der Waals surface area contributed by atoms with Crippen molar-refractivity contribution in [2.24, 2.45) is 0 Å². The van der Waals surface area contributed by atoms with Crippen molar-refractivity contribution in [1.29, 1.82) is 0 Å². The second-order valence-electron chi connectivity index (χ2n) is 9.97. The molecule has 1 fully saturated rings. The molecule has 4 rings (SSSR count). The second kappa shape index (κ2) is 11.2. The first kappa shape index (κ1) is 25.8. The van der Waals surface area contributed by atoms with E-state index in [-0.39, 0.29) is 24.3 Å². The maximum Gasteiger partial charge on any atom is 0.410 e. The van der Waals surface area contributed by atoms with Crippen LogP contribution < -0.4 is 10.3 Å². The minimum atomic E-state index is -0.510. The quantitative estimate of drug-likeness (QED) is 0.403. The standard InChI is InChI=1S/C28H32ClN3O4/c1-28(2,3)36-27(34)32-14-4-5-25(32)21-8-6-20(7-9-21)12-15-31-16-13-24(17-26(31)33)35-19-23-11-10-22(29)18-30-23/h6-11,13,16-18,25H,4-5,12,14-15,19H2,1-3H3. The van der Waals surface area contributed by atoms with Gasteiger partial charge in [0, 0.05) is 31.5 Å². The van der Waals surface area contributed by atoms with Crippen molar-refractivity contribution >= 4 is 17.7 Å². The van der Waals surface area contributed by atoms with Gasteiger partial charge in [0.2, 0.25) is 0 Å². The first-order valence-electron chi connectivity index (χ1n) is 12.2. The zero-order valence-electron chi connectivity index (χ0n) is 20.9. The third kappa shape index (κ3) is 6.88. The Labute approximate surface area is 216 Å². The third-order valence-electron chi connectivity index (χ3n) is 6.03. The number of aryl methyl sites for hydroxylation is 2. The molecule has 0 aliphatic carbocycles. The Kier molecular flexibility index (Phi) is 7.99. The molecule has 1 amide bonds. The highest BCUT2D eigenvalue weighted by molar-refractivity contribution is 6.30. The molecule has 0 N–H and O–H groups in total. The van der Waals surface area contributed by atoms with E-state index in [1.54, 1.807) is 35.2 Å². The van der Waals surface area contributed by atoms with Crippen LogP contribution in [-0.2, 0) is 24.3 Å². The normalized spacial score (nSPS) is 15.7. The van der Waals surface area contributed by atoms with E-state index in [2.05, 4.69) is 29.2 Å². The molecule has 0 saturated carbocycles. The molecule has 0 bridgehead atoms. The summed E-state index contributed by atoms with van der Waals surface area (Å²) in [5.41, 5.74) is 2.34. The predicted octanol–water partition coefficient (Wildman–Crippen LogP) is 5.79. The van der Waals surface area contributed by atoms with Crippen LogP contribution in [0.1, 0.15) is 56.5 Å². The summed E-state index contributed by atoms with van der Waals surface area (Å²) < 4.78 is 12.9. The van der Waals surface area contributed by atoms with E-state index >= 15 is 0 Å². The third-order valence-corrected chi connectivity index (χ3v) is 6.25. The molecular weight excluding hydrogens is 478 g/mol. The van der Waals surface area contributed by atoms with Gasteiger partial charge >= 0.3 is 6.09 Å². The summed E-state index contributed by atoms with van der Waals surface area (Å²) in [6.45, 7) is 7.19. The van der Waals surface area contributed by atoms with E-state index in [9.17, 15) is 9.59 Å². The van der Waals surface area contributed by atoms with E-state index in [0.717, 1.165) is 36.1 Å². The first-order chi connectivity index (χ1) is 17.2. The van der Waals surface area contributed by atoms with E-state index in [1.165, 1.54) is 6.07 Å². The van der Waals surface area contributed by atoms with Crippen LogP contribution >= 0.6 is 11.6 Å². The number of halogens is 1. The van der Waals surface area contributed by atoms with Crippen LogP contribution in [-0.4, -0.2) is 32.7 Å². The lowest BCUT2D eigenvalue weighted by Gasteiger charge is -2.29. The summed E-state index contributed by atoms with van der Waals surface area (Å²) in [5.74, 6) is 0.503. The van der Waals surface area contributed by atoms with Crippen LogP contribution in [0, 0.1) is 0 Å². The number of pyridine rings is 2. The Hall–Kier alpha value is -3.32. The maximum absolute atomic E-state index is 12.6. The van der Waals surface area contributed by atoms with Crippen molar-refractivity contribution in [3.63, 3.8) is 0 Å². The van der Waals surface area contributed by atoms with E-state index < -0.39 is 5.60 Å². The lowest BCUT2D eigenvalue weighted by atomic mass is 10.0. The highest BCUT2D eigenvalue weighted by Crippen LogP contribution is 2.33. The Morgan fingerprint density at radius 1 is 1.14 bits per heavy atom. The molecule has 1 aliphatic heterocycles. The highest BCUT2D eigenvalue weighted by Gasteiger charge is 2.33. The van der Waals surface area contributed by atoms with Gasteiger partial charge < -0.3 is 18.9 Å². The number of likely N-dealkylation sites (tertiary alicyclic amines) is 1. The molecule has 3 heterocycles. The summed E-state index contributed by atoms with van der Waals surface area (Å²) in [6.07, 6.45) is 5.66. The minimum Gasteiger partial charge on any atom is -0.487 e. The van der Waals surface area contributed by atoms with Gasteiger partial charge in [-0.3, -0.25) is 9.78 Å². The smallest absolute Gasteiger partial charge is 0.410 e. The Morgan fingerprint density at radius 3 is 2.58 bits per heavy atom. The highest BCUT2D eigenvalue weighted by atomic mass is 35.5. The number of hydrogen-bond acceptors (Lipinski definition) is 5. The van der Waals surface area contributed by atoms with Crippen molar-refractivity contribution in [3.05, 3.63) is 93.1 Å². The average molecular weight is 510 g/mol. The second-order valence-corrected chi connectivity index (χ2v) is 10.4. The lowest BCUT2D eigenvalue weighted by molar-refractivity contribution is 0.0224. The van der Waals surface area contributed by atoms with E-state index in [0.29, 0.717) is 23.9 Å². The van der Waals surface area contributed by atoms with Gasteiger partial charge in [0.25, 0.3) is 5.56 Å². The van der Waals surface area contributed by atoms with Gasteiger partial charge in [-0.15, -0.1) is 0 Å². The van der Waals surface area contributed by atoms with E-state index in [4.69, 9.17) is 21.1 Å². The fourth-order valence-corrected chi connectivity index (χ4v) is 4.33.